The summed E-state index contributed by atoms with van der Waals surface area (Å²) in [5, 5.41) is 5.29. The van der Waals surface area contributed by atoms with Crippen molar-refractivity contribution in [2.45, 2.75) is 24.3 Å². The van der Waals surface area contributed by atoms with Crippen LogP contribution in [0.3, 0.4) is 0 Å². The van der Waals surface area contributed by atoms with Crippen LogP contribution < -0.4 is 10.6 Å². The van der Waals surface area contributed by atoms with Gasteiger partial charge in [0, 0.05) is 18.7 Å². The molecule has 1 aliphatic rings. The van der Waals surface area contributed by atoms with Crippen molar-refractivity contribution >= 4 is 23.6 Å². The number of thioether (sulfide) groups is 1. The Hall–Kier alpha value is -1.70. The molecule has 126 valence electrons. The molecular formula is C15H17F3N2O2S. The van der Waals surface area contributed by atoms with Crippen LogP contribution in [0.5, 0.6) is 0 Å². The molecule has 0 saturated carbocycles. The van der Waals surface area contributed by atoms with Gasteiger partial charge in [0.2, 0.25) is 5.91 Å². The van der Waals surface area contributed by atoms with Crippen LogP contribution in [0, 0.1) is 0 Å². The van der Waals surface area contributed by atoms with Crippen LogP contribution in [-0.4, -0.2) is 35.9 Å². The molecule has 1 aromatic carbocycles. The van der Waals surface area contributed by atoms with Gasteiger partial charge in [0.15, 0.2) is 0 Å². The largest absolute Gasteiger partial charge is 0.416 e. The number of alkyl halides is 3. The third kappa shape index (κ3) is 5.16. The Morgan fingerprint density at radius 2 is 1.78 bits per heavy atom. The number of halogens is 3. The summed E-state index contributed by atoms with van der Waals surface area (Å²) in [5.74, 6) is 0.488. The zero-order chi connectivity index (χ0) is 16.9. The fraction of sp³-hybridized carbons (Fsp3) is 0.467. The summed E-state index contributed by atoms with van der Waals surface area (Å²) in [6, 6.07) is 4.00. The Labute approximate surface area is 136 Å². The van der Waals surface area contributed by atoms with Gasteiger partial charge >= 0.3 is 6.18 Å². The van der Waals surface area contributed by atoms with E-state index in [1.165, 1.54) is 0 Å². The van der Waals surface area contributed by atoms with Gasteiger partial charge in [-0.3, -0.25) is 9.59 Å². The summed E-state index contributed by atoms with van der Waals surface area (Å²) in [4.78, 5) is 23.5. The molecule has 1 aliphatic heterocycles. The number of benzene rings is 1. The van der Waals surface area contributed by atoms with Crippen LogP contribution >= 0.6 is 11.8 Å². The van der Waals surface area contributed by atoms with Crippen LogP contribution in [-0.2, 0) is 11.0 Å². The van der Waals surface area contributed by atoms with Crippen molar-refractivity contribution in [1.82, 2.24) is 10.6 Å². The highest BCUT2D eigenvalue weighted by atomic mass is 32.2. The number of carbonyl (C=O) groups is 2. The number of rotatable bonds is 5. The molecule has 1 fully saturated rings. The van der Waals surface area contributed by atoms with Gasteiger partial charge in [-0.25, -0.2) is 0 Å². The molecule has 1 aromatic rings. The first-order valence-electron chi connectivity index (χ1n) is 7.22. The second-order valence-electron chi connectivity index (χ2n) is 5.12. The molecule has 2 N–H and O–H groups in total. The van der Waals surface area contributed by atoms with Crippen molar-refractivity contribution in [2.24, 2.45) is 0 Å². The first-order chi connectivity index (χ1) is 10.9. The molecule has 0 spiro atoms. The van der Waals surface area contributed by atoms with Crippen LogP contribution in [0.25, 0.3) is 0 Å². The third-order valence-corrected chi connectivity index (χ3v) is 4.78. The molecule has 1 heterocycles. The second-order valence-corrected chi connectivity index (χ2v) is 6.43. The van der Waals surface area contributed by atoms with E-state index in [1.807, 2.05) is 0 Å². The first-order valence-corrected chi connectivity index (χ1v) is 8.27. The predicted molar refractivity (Wildman–Crippen MR) is 82.3 cm³/mol. The van der Waals surface area contributed by atoms with Gasteiger partial charge in [0.05, 0.1) is 10.8 Å². The van der Waals surface area contributed by atoms with Crippen molar-refractivity contribution in [2.75, 3.05) is 18.8 Å². The van der Waals surface area contributed by atoms with E-state index in [-0.39, 0.29) is 23.3 Å². The fourth-order valence-corrected chi connectivity index (χ4v) is 3.36. The lowest BCUT2D eigenvalue weighted by Gasteiger charge is -2.11. The van der Waals surface area contributed by atoms with E-state index < -0.39 is 17.6 Å². The number of nitrogens with one attached hydrogen (secondary N) is 2. The van der Waals surface area contributed by atoms with E-state index in [9.17, 15) is 22.8 Å². The van der Waals surface area contributed by atoms with Gasteiger partial charge in [-0.05, 0) is 42.9 Å². The van der Waals surface area contributed by atoms with Gasteiger partial charge in [-0.1, -0.05) is 0 Å². The molecule has 0 radical (unpaired) electrons. The van der Waals surface area contributed by atoms with Gasteiger partial charge in [0.1, 0.15) is 0 Å². The monoisotopic (exact) mass is 346 g/mol. The molecule has 0 aromatic heterocycles. The molecule has 8 heteroatoms. The average Bonchev–Trinajstić information content (AvgIpc) is 3.05. The fourth-order valence-electron chi connectivity index (χ4n) is 2.17. The SMILES string of the molecule is O=C(NCCNC(=O)C1CCCS1)c1ccc(C(F)(F)F)cc1. The summed E-state index contributed by atoms with van der Waals surface area (Å²) in [6.07, 6.45) is -2.51. The zero-order valence-corrected chi connectivity index (χ0v) is 13.1. The van der Waals surface area contributed by atoms with Gasteiger partial charge in [-0.2, -0.15) is 13.2 Å². The van der Waals surface area contributed by atoms with Gasteiger partial charge < -0.3 is 10.6 Å². The minimum atomic E-state index is -4.42. The lowest BCUT2D eigenvalue weighted by atomic mass is 10.1. The molecule has 0 aliphatic carbocycles. The smallest absolute Gasteiger partial charge is 0.353 e. The molecular weight excluding hydrogens is 329 g/mol. The molecule has 2 rings (SSSR count). The lowest BCUT2D eigenvalue weighted by Crippen LogP contribution is -2.38. The van der Waals surface area contributed by atoms with E-state index in [2.05, 4.69) is 10.6 Å². The highest BCUT2D eigenvalue weighted by Gasteiger charge is 2.30. The van der Waals surface area contributed by atoms with Crippen molar-refractivity contribution in [3.63, 3.8) is 0 Å². The first kappa shape index (κ1) is 17.7. The highest BCUT2D eigenvalue weighted by Crippen LogP contribution is 2.29. The minimum Gasteiger partial charge on any atom is -0.353 e. The molecule has 4 nitrogen and oxygen atoms in total. The predicted octanol–water partition coefficient (Wildman–Crippen LogP) is 2.45. The number of amides is 2. The van der Waals surface area contributed by atoms with Crippen LogP contribution in [0.1, 0.15) is 28.8 Å². The summed E-state index contributed by atoms with van der Waals surface area (Å²) in [6.45, 7) is 0.519. The quantitative estimate of drug-likeness (QED) is 0.805. The molecule has 2 amide bonds. The molecule has 0 bridgehead atoms. The van der Waals surface area contributed by atoms with Crippen LogP contribution in [0.15, 0.2) is 24.3 Å². The summed E-state index contributed by atoms with van der Waals surface area (Å²) in [5.41, 5.74) is -0.647. The summed E-state index contributed by atoms with van der Waals surface area (Å²) < 4.78 is 37.3. The Balaban J connectivity index is 1.73. The van der Waals surface area contributed by atoms with Gasteiger partial charge in [-0.15, -0.1) is 11.8 Å². The zero-order valence-electron chi connectivity index (χ0n) is 12.3. The van der Waals surface area contributed by atoms with Crippen molar-refractivity contribution in [3.05, 3.63) is 35.4 Å². The van der Waals surface area contributed by atoms with Crippen LogP contribution in [0.2, 0.25) is 0 Å². The van der Waals surface area contributed by atoms with E-state index in [0.717, 1.165) is 42.9 Å². The summed E-state index contributed by atoms with van der Waals surface area (Å²) in [7, 11) is 0. The van der Waals surface area contributed by atoms with E-state index in [4.69, 9.17) is 0 Å². The van der Waals surface area contributed by atoms with Crippen LogP contribution in [0.4, 0.5) is 13.2 Å². The standard InChI is InChI=1S/C15H17F3N2O2S/c16-15(17,18)11-5-3-10(4-6-11)13(21)19-7-8-20-14(22)12-2-1-9-23-12/h3-6,12H,1-2,7-9H2,(H,19,21)(H,20,22). The maximum Gasteiger partial charge on any atom is 0.416 e. The average molecular weight is 346 g/mol. The van der Waals surface area contributed by atoms with E-state index in [1.54, 1.807) is 11.8 Å². The Bertz CT molecular complexity index is 555. The van der Waals surface area contributed by atoms with E-state index in [0.29, 0.717) is 6.54 Å². The molecule has 23 heavy (non-hydrogen) atoms. The van der Waals surface area contributed by atoms with Crippen molar-refractivity contribution in [1.29, 1.82) is 0 Å². The molecule has 1 unspecified atom stereocenters. The Morgan fingerprint density at radius 1 is 1.13 bits per heavy atom. The normalized spacial score (nSPS) is 17.8. The Morgan fingerprint density at radius 3 is 2.35 bits per heavy atom. The Kier molecular flexibility index (Phi) is 5.92. The maximum atomic E-state index is 12.4. The molecule has 1 saturated heterocycles. The summed E-state index contributed by atoms with van der Waals surface area (Å²) >= 11 is 1.62. The highest BCUT2D eigenvalue weighted by molar-refractivity contribution is 8.00. The lowest BCUT2D eigenvalue weighted by molar-refractivity contribution is -0.137. The van der Waals surface area contributed by atoms with Crippen molar-refractivity contribution < 1.29 is 22.8 Å². The van der Waals surface area contributed by atoms with Gasteiger partial charge in [0.25, 0.3) is 5.91 Å². The minimum absolute atomic E-state index is 0.0133. The van der Waals surface area contributed by atoms with E-state index >= 15 is 0 Å². The number of carbonyl (C=O) groups excluding carboxylic acids is 2. The topological polar surface area (TPSA) is 58.2 Å². The number of hydrogen-bond donors (Lipinski definition) is 2. The maximum absolute atomic E-state index is 12.4. The second kappa shape index (κ2) is 7.72. The third-order valence-electron chi connectivity index (χ3n) is 3.41. The van der Waals surface area contributed by atoms with Crippen molar-refractivity contribution in [3.8, 4) is 0 Å². The number of hydrogen-bond acceptors (Lipinski definition) is 3. The molecule has 1 atom stereocenters.